The van der Waals surface area contributed by atoms with Crippen LogP contribution in [0.2, 0.25) is 0 Å². The topological polar surface area (TPSA) is 112 Å². The molecule has 0 aliphatic rings. The number of aromatic nitrogens is 3. The van der Waals surface area contributed by atoms with Gasteiger partial charge in [-0.1, -0.05) is 25.1 Å². The lowest BCUT2D eigenvalue weighted by molar-refractivity contribution is -0.384. The summed E-state index contributed by atoms with van der Waals surface area (Å²) < 4.78 is 7.51. The number of anilines is 1. The number of hydrogen-bond acceptors (Lipinski definition) is 7. The minimum atomic E-state index is -0.486. The molecule has 1 amide bonds. The maximum absolute atomic E-state index is 12.2. The first kappa shape index (κ1) is 22.3. The Balaban J connectivity index is 1.56. The number of ether oxygens (including phenoxy) is 1. The molecule has 9 nitrogen and oxygen atoms in total. The van der Waals surface area contributed by atoms with E-state index in [4.69, 9.17) is 4.74 Å². The van der Waals surface area contributed by atoms with Crippen molar-refractivity contribution in [2.24, 2.45) is 7.05 Å². The van der Waals surface area contributed by atoms with Crippen molar-refractivity contribution in [3.63, 3.8) is 0 Å². The van der Waals surface area contributed by atoms with E-state index in [2.05, 4.69) is 22.4 Å². The van der Waals surface area contributed by atoms with Crippen LogP contribution in [0.25, 0.3) is 11.4 Å². The van der Waals surface area contributed by atoms with E-state index in [0.717, 1.165) is 24.2 Å². The van der Waals surface area contributed by atoms with Gasteiger partial charge in [0.1, 0.15) is 5.75 Å². The molecule has 0 unspecified atom stereocenters. The van der Waals surface area contributed by atoms with E-state index in [1.807, 2.05) is 35.9 Å². The lowest BCUT2D eigenvalue weighted by atomic mass is 10.2. The Hall–Kier alpha value is -3.40. The molecule has 1 N–H and O–H groups in total. The molecular formula is C21H23N5O4S. The van der Waals surface area contributed by atoms with Crippen LogP contribution in [0.4, 0.5) is 11.4 Å². The van der Waals surface area contributed by atoms with Crippen LogP contribution in [0.1, 0.15) is 19.8 Å². The quantitative estimate of drug-likeness (QED) is 0.216. The Kier molecular flexibility index (Phi) is 7.60. The summed E-state index contributed by atoms with van der Waals surface area (Å²) in [6.07, 6.45) is 2.10. The number of nitrogens with zero attached hydrogens (tertiary/aromatic N) is 4. The lowest BCUT2D eigenvalue weighted by Gasteiger charge is -2.07. The van der Waals surface area contributed by atoms with E-state index >= 15 is 0 Å². The molecule has 0 fully saturated rings. The zero-order valence-electron chi connectivity index (χ0n) is 17.3. The van der Waals surface area contributed by atoms with Crippen LogP contribution in [0, 0.1) is 10.1 Å². The third-order valence-corrected chi connectivity index (χ3v) is 5.43. The number of nitrogens with one attached hydrogen (secondary N) is 1. The SMILES string of the molecule is CCCCOc1ccc(-c2nnc(SCC(=O)Nc3ccc([N+](=O)[O-])cc3)n2C)cc1. The molecule has 1 aromatic heterocycles. The molecule has 3 rings (SSSR count). The molecule has 10 heteroatoms. The van der Waals surface area contributed by atoms with Gasteiger partial charge in [-0.25, -0.2) is 0 Å². The van der Waals surface area contributed by atoms with Gasteiger partial charge >= 0.3 is 0 Å². The van der Waals surface area contributed by atoms with Gasteiger partial charge < -0.3 is 14.6 Å². The summed E-state index contributed by atoms with van der Waals surface area (Å²) in [5.41, 5.74) is 1.37. The molecule has 0 spiro atoms. The highest BCUT2D eigenvalue weighted by atomic mass is 32.2. The maximum Gasteiger partial charge on any atom is 0.269 e. The summed E-state index contributed by atoms with van der Waals surface area (Å²) >= 11 is 1.26. The zero-order chi connectivity index (χ0) is 22.2. The smallest absolute Gasteiger partial charge is 0.269 e. The molecule has 0 aliphatic heterocycles. The number of benzene rings is 2. The van der Waals surface area contributed by atoms with Crippen molar-refractivity contribution >= 4 is 29.0 Å². The number of carbonyl (C=O) groups is 1. The number of nitro benzene ring substituents is 1. The normalized spacial score (nSPS) is 10.6. The third kappa shape index (κ3) is 6.05. The molecule has 0 atom stereocenters. The highest BCUT2D eigenvalue weighted by Gasteiger charge is 2.14. The van der Waals surface area contributed by atoms with Crippen molar-refractivity contribution in [1.29, 1.82) is 0 Å². The molecule has 2 aromatic carbocycles. The summed E-state index contributed by atoms with van der Waals surface area (Å²) in [6.45, 7) is 2.82. The fraction of sp³-hybridized carbons (Fsp3) is 0.286. The molecule has 1 heterocycles. The minimum Gasteiger partial charge on any atom is -0.494 e. The van der Waals surface area contributed by atoms with E-state index in [1.54, 1.807) is 0 Å². The number of non-ortho nitro benzene ring substituents is 1. The summed E-state index contributed by atoms with van der Waals surface area (Å²) in [7, 11) is 1.84. The summed E-state index contributed by atoms with van der Waals surface area (Å²) in [5.74, 6) is 1.40. The molecule has 0 bridgehead atoms. The predicted octanol–water partition coefficient (Wildman–Crippen LogP) is 4.30. The van der Waals surface area contributed by atoms with Gasteiger partial charge in [-0.15, -0.1) is 10.2 Å². The van der Waals surface area contributed by atoms with Crippen LogP contribution in [0.15, 0.2) is 53.7 Å². The summed E-state index contributed by atoms with van der Waals surface area (Å²) in [5, 5.41) is 22.4. The Morgan fingerprint density at radius 1 is 1.16 bits per heavy atom. The Labute approximate surface area is 184 Å². The van der Waals surface area contributed by atoms with Crippen LogP contribution >= 0.6 is 11.8 Å². The van der Waals surface area contributed by atoms with Gasteiger partial charge in [-0.3, -0.25) is 14.9 Å². The molecule has 0 radical (unpaired) electrons. The Morgan fingerprint density at radius 3 is 2.52 bits per heavy atom. The van der Waals surface area contributed by atoms with E-state index < -0.39 is 4.92 Å². The first-order valence-electron chi connectivity index (χ1n) is 9.77. The van der Waals surface area contributed by atoms with Crippen molar-refractivity contribution in [2.75, 3.05) is 17.7 Å². The molecular weight excluding hydrogens is 418 g/mol. The monoisotopic (exact) mass is 441 g/mol. The van der Waals surface area contributed by atoms with E-state index in [9.17, 15) is 14.9 Å². The third-order valence-electron chi connectivity index (χ3n) is 4.41. The Bertz CT molecular complexity index is 1030. The second kappa shape index (κ2) is 10.6. The summed E-state index contributed by atoms with van der Waals surface area (Å²) in [6, 6.07) is 13.4. The van der Waals surface area contributed by atoms with Gasteiger partial charge in [-0.05, 0) is 42.8 Å². The second-order valence-electron chi connectivity index (χ2n) is 6.73. The molecule has 0 aliphatic carbocycles. The number of rotatable bonds is 10. The standard InChI is InChI=1S/C21H23N5O4S/c1-3-4-13-30-18-11-5-15(6-12-18)20-23-24-21(25(20)2)31-14-19(27)22-16-7-9-17(10-8-16)26(28)29/h5-12H,3-4,13-14H2,1-2H3,(H,22,27). The first-order chi connectivity index (χ1) is 15.0. The number of amides is 1. The van der Waals surface area contributed by atoms with Gasteiger partial charge in [0.25, 0.3) is 5.69 Å². The number of carbonyl (C=O) groups excluding carboxylic acids is 1. The van der Waals surface area contributed by atoms with E-state index in [1.165, 1.54) is 36.0 Å². The highest BCUT2D eigenvalue weighted by Crippen LogP contribution is 2.25. The van der Waals surface area contributed by atoms with E-state index in [-0.39, 0.29) is 17.3 Å². The number of hydrogen-bond donors (Lipinski definition) is 1. The van der Waals surface area contributed by atoms with Crippen LogP contribution in [-0.4, -0.2) is 38.0 Å². The number of thioether (sulfide) groups is 1. The van der Waals surface area contributed by atoms with Crippen LogP contribution in [-0.2, 0) is 11.8 Å². The predicted molar refractivity (Wildman–Crippen MR) is 119 cm³/mol. The number of nitro groups is 1. The van der Waals surface area contributed by atoms with Crippen LogP contribution in [0.5, 0.6) is 5.75 Å². The average Bonchev–Trinajstić information content (AvgIpc) is 3.13. The van der Waals surface area contributed by atoms with Crippen LogP contribution in [0.3, 0.4) is 0 Å². The summed E-state index contributed by atoms with van der Waals surface area (Å²) in [4.78, 5) is 22.4. The second-order valence-corrected chi connectivity index (χ2v) is 7.67. The van der Waals surface area contributed by atoms with Crippen molar-refractivity contribution in [2.45, 2.75) is 24.9 Å². The van der Waals surface area contributed by atoms with Gasteiger partial charge in [0.15, 0.2) is 11.0 Å². The van der Waals surface area contributed by atoms with Crippen LogP contribution < -0.4 is 10.1 Å². The molecule has 31 heavy (non-hydrogen) atoms. The molecule has 3 aromatic rings. The van der Waals surface area contributed by atoms with Crippen molar-refractivity contribution in [3.8, 4) is 17.1 Å². The fourth-order valence-electron chi connectivity index (χ4n) is 2.72. The van der Waals surface area contributed by atoms with Crippen molar-refractivity contribution in [3.05, 3.63) is 58.6 Å². The zero-order valence-corrected chi connectivity index (χ0v) is 18.1. The largest absolute Gasteiger partial charge is 0.494 e. The first-order valence-corrected chi connectivity index (χ1v) is 10.8. The highest BCUT2D eigenvalue weighted by molar-refractivity contribution is 7.99. The van der Waals surface area contributed by atoms with Crippen molar-refractivity contribution < 1.29 is 14.5 Å². The van der Waals surface area contributed by atoms with E-state index in [0.29, 0.717) is 23.3 Å². The van der Waals surface area contributed by atoms with Gasteiger partial charge in [0, 0.05) is 30.4 Å². The molecule has 0 saturated carbocycles. The minimum absolute atomic E-state index is 0.0282. The Morgan fingerprint density at radius 2 is 1.87 bits per heavy atom. The van der Waals surface area contributed by atoms with Gasteiger partial charge in [0.2, 0.25) is 5.91 Å². The maximum atomic E-state index is 12.2. The lowest BCUT2D eigenvalue weighted by Crippen LogP contribution is -2.14. The van der Waals surface area contributed by atoms with Gasteiger partial charge in [0.05, 0.1) is 17.3 Å². The molecule has 0 saturated heterocycles. The van der Waals surface area contributed by atoms with Gasteiger partial charge in [-0.2, -0.15) is 0 Å². The fourth-order valence-corrected chi connectivity index (χ4v) is 3.43. The molecule has 162 valence electrons. The average molecular weight is 442 g/mol. The van der Waals surface area contributed by atoms with Crippen molar-refractivity contribution in [1.82, 2.24) is 14.8 Å². The number of unbranched alkanes of at least 4 members (excludes halogenated alkanes) is 1.